The second-order valence-electron chi connectivity index (χ2n) is 4.30. The topological polar surface area (TPSA) is 108 Å². The molecule has 0 aromatic heterocycles. The summed E-state index contributed by atoms with van der Waals surface area (Å²) in [5.41, 5.74) is 6.17. The summed E-state index contributed by atoms with van der Waals surface area (Å²) >= 11 is 11.8. The molecule has 2 aromatic rings. The first-order valence-corrected chi connectivity index (χ1v) is 6.75. The number of oxime groups is 1. The number of hydrogen-bond donors (Lipinski definition) is 4. The molecule has 8 heteroatoms. The van der Waals surface area contributed by atoms with Gasteiger partial charge in [0.05, 0.1) is 16.3 Å². The van der Waals surface area contributed by atoms with Crippen LogP contribution in [0.15, 0.2) is 41.6 Å². The van der Waals surface area contributed by atoms with Crippen molar-refractivity contribution in [2.45, 2.75) is 0 Å². The summed E-state index contributed by atoms with van der Waals surface area (Å²) in [5.74, 6) is -0.878. The van der Waals surface area contributed by atoms with E-state index < -0.39 is 5.91 Å². The van der Waals surface area contributed by atoms with Crippen LogP contribution in [-0.2, 0) is 0 Å². The summed E-state index contributed by atoms with van der Waals surface area (Å²) in [4.78, 5) is 12.1. The Labute approximate surface area is 135 Å². The van der Waals surface area contributed by atoms with Crippen LogP contribution >= 0.6 is 23.2 Å². The Hall–Kier alpha value is -2.44. The number of amidine groups is 1. The normalized spacial score (nSPS) is 11.3. The van der Waals surface area contributed by atoms with E-state index in [1.807, 2.05) is 0 Å². The Morgan fingerprint density at radius 3 is 2.55 bits per heavy atom. The number of anilines is 1. The standard InChI is InChI=1S/C14H11Cl2N3O3/c15-8-2-4-12(20)9(6-8)14(21)18-11-3-1-7(5-10(11)16)13(17)19-22/h1-6,20,22H,(H2,17,19)(H,18,21). The molecule has 0 fully saturated rings. The average molecular weight is 340 g/mol. The van der Waals surface area contributed by atoms with E-state index in [1.54, 1.807) is 0 Å². The molecular formula is C14H11Cl2N3O3. The monoisotopic (exact) mass is 339 g/mol. The highest BCUT2D eigenvalue weighted by Crippen LogP contribution is 2.26. The molecule has 22 heavy (non-hydrogen) atoms. The van der Waals surface area contributed by atoms with Crippen molar-refractivity contribution in [2.75, 3.05) is 5.32 Å². The van der Waals surface area contributed by atoms with Crippen molar-refractivity contribution < 1.29 is 15.1 Å². The minimum atomic E-state index is -0.571. The zero-order valence-electron chi connectivity index (χ0n) is 11.0. The van der Waals surface area contributed by atoms with Gasteiger partial charge in [0.1, 0.15) is 5.75 Å². The lowest BCUT2D eigenvalue weighted by Crippen LogP contribution is -2.15. The third-order valence-electron chi connectivity index (χ3n) is 2.82. The number of benzene rings is 2. The molecule has 0 saturated carbocycles. The molecule has 114 valence electrons. The van der Waals surface area contributed by atoms with Gasteiger partial charge in [-0.25, -0.2) is 0 Å². The number of nitrogens with one attached hydrogen (secondary N) is 1. The van der Waals surface area contributed by atoms with E-state index in [-0.39, 0.29) is 22.2 Å². The van der Waals surface area contributed by atoms with E-state index in [1.165, 1.54) is 36.4 Å². The quantitative estimate of drug-likeness (QED) is 0.298. The highest BCUT2D eigenvalue weighted by molar-refractivity contribution is 6.34. The number of nitrogens with zero attached hydrogens (tertiary/aromatic N) is 1. The molecule has 5 N–H and O–H groups in total. The van der Waals surface area contributed by atoms with Crippen LogP contribution in [0.3, 0.4) is 0 Å². The van der Waals surface area contributed by atoms with Gasteiger partial charge in [-0.1, -0.05) is 28.4 Å². The SMILES string of the molecule is N/C(=N/O)c1ccc(NC(=O)c2cc(Cl)ccc2O)c(Cl)c1. The molecule has 0 heterocycles. The van der Waals surface area contributed by atoms with Gasteiger partial charge >= 0.3 is 0 Å². The molecule has 0 bridgehead atoms. The van der Waals surface area contributed by atoms with Gasteiger partial charge in [0.2, 0.25) is 0 Å². The fourth-order valence-electron chi connectivity index (χ4n) is 1.71. The Balaban J connectivity index is 2.27. The maximum Gasteiger partial charge on any atom is 0.259 e. The van der Waals surface area contributed by atoms with Crippen molar-refractivity contribution in [3.63, 3.8) is 0 Å². The van der Waals surface area contributed by atoms with Crippen LogP contribution in [0.5, 0.6) is 5.75 Å². The molecule has 0 aliphatic rings. The third-order valence-corrected chi connectivity index (χ3v) is 3.37. The van der Waals surface area contributed by atoms with Gasteiger partial charge in [-0.05, 0) is 36.4 Å². The third kappa shape index (κ3) is 3.41. The van der Waals surface area contributed by atoms with Gasteiger partial charge in [0.25, 0.3) is 5.91 Å². The minimum absolute atomic E-state index is 0.0177. The molecule has 0 aliphatic carbocycles. The van der Waals surface area contributed by atoms with Crippen LogP contribution in [-0.4, -0.2) is 22.1 Å². The fourth-order valence-corrected chi connectivity index (χ4v) is 2.11. The summed E-state index contributed by atoms with van der Waals surface area (Å²) in [6, 6.07) is 8.57. The van der Waals surface area contributed by atoms with Gasteiger partial charge in [-0.3, -0.25) is 4.79 Å². The number of nitrogens with two attached hydrogens (primary N) is 1. The van der Waals surface area contributed by atoms with Crippen LogP contribution in [0.25, 0.3) is 0 Å². The van der Waals surface area contributed by atoms with E-state index in [2.05, 4.69) is 10.5 Å². The number of carbonyl (C=O) groups excluding carboxylic acids is 1. The molecule has 2 aromatic carbocycles. The highest BCUT2D eigenvalue weighted by Gasteiger charge is 2.14. The zero-order chi connectivity index (χ0) is 16.3. The Kier molecular flexibility index (Phi) is 4.75. The first kappa shape index (κ1) is 15.9. The number of aromatic hydroxyl groups is 1. The summed E-state index contributed by atoms with van der Waals surface area (Å²) in [5, 5.41) is 24.2. The molecule has 0 unspecified atom stereocenters. The Bertz CT molecular complexity index is 763. The summed E-state index contributed by atoms with van der Waals surface area (Å²) < 4.78 is 0. The number of phenolic OH excluding ortho intramolecular Hbond substituents is 1. The van der Waals surface area contributed by atoms with Gasteiger partial charge in [-0.2, -0.15) is 0 Å². The van der Waals surface area contributed by atoms with Crippen LogP contribution < -0.4 is 11.1 Å². The van der Waals surface area contributed by atoms with Crippen molar-refractivity contribution >= 4 is 40.6 Å². The summed E-state index contributed by atoms with van der Waals surface area (Å²) in [6.45, 7) is 0. The predicted molar refractivity (Wildman–Crippen MR) is 85.0 cm³/mol. The van der Waals surface area contributed by atoms with E-state index >= 15 is 0 Å². The van der Waals surface area contributed by atoms with Crippen molar-refractivity contribution in [3.05, 3.63) is 57.6 Å². The number of hydrogen-bond acceptors (Lipinski definition) is 4. The lowest BCUT2D eigenvalue weighted by Gasteiger charge is -2.10. The van der Waals surface area contributed by atoms with E-state index in [0.29, 0.717) is 16.3 Å². The number of halogens is 2. The zero-order valence-corrected chi connectivity index (χ0v) is 12.6. The Morgan fingerprint density at radius 2 is 1.91 bits per heavy atom. The second kappa shape index (κ2) is 6.55. The van der Waals surface area contributed by atoms with Crippen LogP contribution in [0.4, 0.5) is 5.69 Å². The van der Waals surface area contributed by atoms with E-state index in [9.17, 15) is 9.90 Å². The molecule has 0 atom stereocenters. The number of rotatable bonds is 3. The maximum absolute atomic E-state index is 12.1. The molecule has 0 aliphatic heterocycles. The predicted octanol–water partition coefficient (Wildman–Crippen LogP) is 3.05. The molecular weight excluding hydrogens is 329 g/mol. The second-order valence-corrected chi connectivity index (χ2v) is 5.14. The highest BCUT2D eigenvalue weighted by atomic mass is 35.5. The molecule has 2 rings (SSSR count). The van der Waals surface area contributed by atoms with E-state index in [4.69, 9.17) is 34.1 Å². The van der Waals surface area contributed by atoms with Crippen molar-refractivity contribution in [1.82, 2.24) is 0 Å². The maximum atomic E-state index is 12.1. The van der Waals surface area contributed by atoms with Gasteiger partial charge in [-0.15, -0.1) is 0 Å². The number of amides is 1. The fraction of sp³-hybridized carbons (Fsp3) is 0. The van der Waals surface area contributed by atoms with Gasteiger partial charge in [0, 0.05) is 10.6 Å². The van der Waals surface area contributed by atoms with E-state index in [0.717, 1.165) is 0 Å². The smallest absolute Gasteiger partial charge is 0.259 e. The summed E-state index contributed by atoms with van der Waals surface area (Å²) in [6.07, 6.45) is 0. The molecule has 6 nitrogen and oxygen atoms in total. The molecule has 0 spiro atoms. The van der Waals surface area contributed by atoms with Crippen molar-refractivity contribution in [3.8, 4) is 5.75 Å². The molecule has 0 saturated heterocycles. The first-order valence-electron chi connectivity index (χ1n) is 5.99. The van der Waals surface area contributed by atoms with Crippen molar-refractivity contribution in [2.24, 2.45) is 10.9 Å². The number of carbonyl (C=O) groups is 1. The first-order chi connectivity index (χ1) is 10.4. The lowest BCUT2D eigenvalue weighted by molar-refractivity contribution is 0.102. The molecule has 0 radical (unpaired) electrons. The number of phenols is 1. The van der Waals surface area contributed by atoms with Crippen molar-refractivity contribution in [1.29, 1.82) is 0 Å². The van der Waals surface area contributed by atoms with Crippen LogP contribution in [0.1, 0.15) is 15.9 Å². The summed E-state index contributed by atoms with van der Waals surface area (Å²) in [7, 11) is 0. The Morgan fingerprint density at radius 1 is 1.18 bits per heavy atom. The molecule has 1 amide bonds. The average Bonchev–Trinajstić information content (AvgIpc) is 2.50. The lowest BCUT2D eigenvalue weighted by atomic mass is 10.1. The minimum Gasteiger partial charge on any atom is -0.507 e. The van der Waals surface area contributed by atoms with Crippen LogP contribution in [0.2, 0.25) is 10.0 Å². The largest absolute Gasteiger partial charge is 0.507 e. The van der Waals surface area contributed by atoms with Crippen LogP contribution in [0, 0.1) is 0 Å². The van der Waals surface area contributed by atoms with Gasteiger partial charge < -0.3 is 21.4 Å². The van der Waals surface area contributed by atoms with Gasteiger partial charge in [0.15, 0.2) is 5.84 Å².